The van der Waals surface area contributed by atoms with E-state index in [0.29, 0.717) is 0 Å². The third-order valence-corrected chi connectivity index (χ3v) is 4.99. The predicted octanol–water partition coefficient (Wildman–Crippen LogP) is 6.69. The average Bonchev–Trinajstić information content (AvgIpc) is 2.39. The van der Waals surface area contributed by atoms with E-state index >= 15 is 0 Å². The van der Waals surface area contributed by atoms with Crippen molar-refractivity contribution in [3.63, 3.8) is 0 Å². The van der Waals surface area contributed by atoms with Crippen LogP contribution in [0.3, 0.4) is 0 Å². The lowest BCUT2D eigenvalue weighted by Gasteiger charge is -2.25. The maximum atomic E-state index is 2.48. The Morgan fingerprint density at radius 2 is 1.33 bits per heavy atom. The maximum Gasteiger partial charge on any atom is -0.0391 e. The molecule has 0 rings (SSSR count). The van der Waals surface area contributed by atoms with Crippen LogP contribution in [0.4, 0.5) is 0 Å². The van der Waals surface area contributed by atoms with E-state index in [2.05, 4.69) is 41.5 Å². The van der Waals surface area contributed by atoms with Gasteiger partial charge in [0.1, 0.15) is 0 Å². The minimum atomic E-state index is 0.927. The molecule has 0 N–H and O–H groups in total. The summed E-state index contributed by atoms with van der Waals surface area (Å²) in [5, 5.41) is 0. The predicted molar refractivity (Wildman–Crippen MR) is 84.9 cm³/mol. The second kappa shape index (κ2) is 10.9. The molecule has 3 atom stereocenters. The summed E-state index contributed by atoms with van der Waals surface area (Å²) >= 11 is 0. The smallest absolute Gasteiger partial charge is 0.0391 e. The summed E-state index contributed by atoms with van der Waals surface area (Å²) in [5.41, 5.74) is 0. The fourth-order valence-electron chi connectivity index (χ4n) is 3.35. The molecule has 18 heavy (non-hydrogen) atoms. The highest BCUT2D eigenvalue weighted by atomic mass is 14.2. The first-order chi connectivity index (χ1) is 8.58. The van der Waals surface area contributed by atoms with E-state index in [0.717, 1.165) is 23.7 Å². The number of hydrogen-bond donors (Lipinski definition) is 0. The number of rotatable bonds is 11. The average molecular weight is 255 g/mol. The lowest BCUT2D eigenvalue weighted by molar-refractivity contribution is 0.269. The van der Waals surface area contributed by atoms with Crippen LogP contribution in [0.15, 0.2) is 0 Å². The molecule has 0 nitrogen and oxygen atoms in total. The monoisotopic (exact) mass is 254 g/mol. The molecule has 0 aliphatic rings. The summed E-state index contributed by atoms with van der Waals surface area (Å²) in [6.07, 6.45) is 11.2. The van der Waals surface area contributed by atoms with Crippen molar-refractivity contribution >= 4 is 0 Å². The Hall–Kier alpha value is 0. The molecular formula is C18H38. The molecule has 0 amide bonds. The van der Waals surface area contributed by atoms with Crippen LogP contribution in [0.1, 0.15) is 92.9 Å². The molecule has 0 aliphatic carbocycles. The van der Waals surface area contributed by atoms with Crippen molar-refractivity contribution < 1.29 is 0 Å². The Bertz CT molecular complexity index is 169. The summed E-state index contributed by atoms with van der Waals surface area (Å²) in [6.45, 7) is 14.3. The second-order valence-electron chi connectivity index (χ2n) is 6.54. The van der Waals surface area contributed by atoms with Gasteiger partial charge in [-0.3, -0.25) is 0 Å². The number of hydrogen-bond acceptors (Lipinski definition) is 0. The SMILES string of the molecule is CCCC(CC)C(C)CCC(C)CC(CC)CC. The highest BCUT2D eigenvalue weighted by Crippen LogP contribution is 2.29. The van der Waals surface area contributed by atoms with Crippen LogP contribution in [-0.4, -0.2) is 0 Å². The van der Waals surface area contributed by atoms with Gasteiger partial charge in [-0.25, -0.2) is 0 Å². The fourth-order valence-corrected chi connectivity index (χ4v) is 3.35. The van der Waals surface area contributed by atoms with Crippen LogP contribution in [0.2, 0.25) is 0 Å². The van der Waals surface area contributed by atoms with Crippen LogP contribution in [0, 0.1) is 23.7 Å². The largest absolute Gasteiger partial charge is 0.0654 e. The molecule has 0 saturated heterocycles. The lowest BCUT2D eigenvalue weighted by atomic mass is 9.81. The van der Waals surface area contributed by atoms with Gasteiger partial charge in [-0.2, -0.15) is 0 Å². The van der Waals surface area contributed by atoms with Crippen LogP contribution in [-0.2, 0) is 0 Å². The lowest BCUT2D eigenvalue weighted by Crippen LogP contribution is -2.13. The fraction of sp³-hybridized carbons (Fsp3) is 1.00. The van der Waals surface area contributed by atoms with E-state index in [9.17, 15) is 0 Å². The summed E-state index contributed by atoms with van der Waals surface area (Å²) in [7, 11) is 0. The molecule has 0 aliphatic heterocycles. The summed E-state index contributed by atoms with van der Waals surface area (Å²) < 4.78 is 0. The molecule has 0 saturated carbocycles. The van der Waals surface area contributed by atoms with Gasteiger partial charge in [0.25, 0.3) is 0 Å². The van der Waals surface area contributed by atoms with Gasteiger partial charge >= 0.3 is 0 Å². The molecule has 0 radical (unpaired) electrons. The van der Waals surface area contributed by atoms with Gasteiger partial charge in [0, 0.05) is 0 Å². The molecule has 0 heterocycles. The molecule has 3 unspecified atom stereocenters. The van der Waals surface area contributed by atoms with Gasteiger partial charge in [0.15, 0.2) is 0 Å². The van der Waals surface area contributed by atoms with Crippen molar-refractivity contribution in [2.24, 2.45) is 23.7 Å². The molecule has 0 aromatic rings. The molecule has 0 fully saturated rings. The molecule has 0 heteroatoms. The zero-order chi connectivity index (χ0) is 14.0. The molecule has 0 aromatic heterocycles. The van der Waals surface area contributed by atoms with Crippen molar-refractivity contribution in [2.75, 3.05) is 0 Å². The highest BCUT2D eigenvalue weighted by Gasteiger charge is 2.16. The molecule has 110 valence electrons. The third kappa shape index (κ3) is 7.44. The highest BCUT2D eigenvalue weighted by molar-refractivity contribution is 4.68. The Morgan fingerprint density at radius 1 is 0.722 bits per heavy atom. The Balaban J connectivity index is 3.91. The van der Waals surface area contributed by atoms with Gasteiger partial charge in [-0.15, -0.1) is 0 Å². The van der Waals surface area contributed by atoms with Crippen molar-refractivity contribution in [1.82, 2.24) is 0 Å². The second-order valence-corrected chi connectivity index (χ2v) is 6.54. The minimum absolute atomic E-state index is 0.927. The van der Waals surface area contributed by atoms with E-state index in [1.54, 1.807) is 0 Å². The van der Waals surface area contributed by atoms with E-state index in [4.69, 9.17) is 0 Å². The van der Waals surface area contributed by atoms with Crippen LogP contribution >= 0.6 is 0 Å². The first kappa shape index (κ1) is 18.0. The Labute approximate surface area is 117 Å². The van der Waals surface area contributed by atoms with Gasteiger partial charge < -0.3 is 0 Å². The zero-order valence-corrected chi connectivity index (χ0v) is 14.0. The van der Waals surface area contributed by atoms with Crippen LogP contribution in [0.5, 0.6) is 0 Å². The Morgan fingerprint density at radius 3 is 1.78 bits per heavy atom. The quantitative estimate of drug-likeness (QED) is 0.385. The van der Waals surface area contributed by atoms with Crippen LogP contribution < -0.4 is 0 Å². The standard InChI is InChI=1S/C18H38/c1-7-11-18(10-4)16(6)13-12-15(5)14-17(8-2)9-3/h15-18H,7-14H2,1-6H3. The molecular weight excluding hydrogens is 216 g/mol. The summed E-state index contributed by atoms with van der Waals surface area (Å²) in [6, 6.07) is 0. The van der Waals surface area contributed by atoms with E-state index in [-0.39, 0.29) is 0 Å². The zero-order valence-electron chi connectivity index (χ0n) is 14.0. The maximum absolute atomic E-state index is 2.48. The van der Waals surface area contributed by atoms with Crippen molar-refractivity contribution in [1.29, 1.82) is 0 Å². The van der Waals surface area contributed by atoms with Crippen LogP contribution in [0.25, 0.3) is 0 Å². The third-order valence-electron chi connectivity index (χ3n) is 4.99. The van der Waals surface area contributed by atoms with Gasteiger partial charge in [0.2, 0.25) is 0 Å². The molecule has 0 aromatic carbocycles. The van der Waals surface area contributed by atoms with E-state index < -0.39 is 0 Å². The topological polar surface area (TPSA) is 0 Å². The van der Waals surface area contributed by atoms with Crippen molar-refractivity contribution in [2.45, 2.75) is 92.9 Å². The molecule has 0 bridgehead atoms. The van der Waals surface area contributed by atoms with Crippen molar-refractivity contribution in [3.05, 3.63) is 0 Å². The Kier molecular flexibility index (Phi) is 10.9. The van der Waals surface area contributed by atoms with Gasteiger partial charge in [-0.05, 0) is 30.1 Å². The van der Waals surface area contributed by atoms with E-state index in [1.165, 1.54) is 51.4 Å². The molecule has 0 spiro atoms. The van der Waals surface area contributed by atoms with Gasteiger partial charge in [-0.1, -0.05) is 86.5 Å². The first-order valence-electron chi connectivity index (χ1n) is 8.58. The van der Waals surface area contributed by atoms with Gasteiger partial charge in [0.05, 0.1) is 0 Å². The van der Waals surface area contributed by atoms with E-state index in [1.807, 2.05) is 0 Å². The summed E-state index contributed by atoms with van der Waals surface area (Å²) in [4.78, 5) is 0. The normalized spacial score (nSPS) is 16.8. The minimum Gasteiger partial charge on any atom is -0.0654 e. The van der Waals surface area contributed by atoms with Crippen molar-refractivity contribution in [3.8, 4) is 0 Å². The summed E-state index contributed by atoms with van der Waals surface area (Å²) in [5.74, 6) is 3.79. The first-order valence-corrected chi connectivity index (χ1v) is 8.58.